The summed E-state index contributed by atoms with van der Waals surface area (Å²) >= 11 is 0. The second kappa shape index (κ2) is 10.7. The maximum atomic E-state index is 12.4. The van der Waals surface area contributed by atoms with Gasteiger partial charge < -0.3 is 54.0 Å². The summed E-state index contributed by atoms with van der Waals surface area (Å²) < 4.78 is 31.4. The van der Waals surface area contributed by atoms with Crippen LogP contribution in [-0.4, -0.2) is 90.1 Å². The molecule has 1 heterocycles. The van der Waals surface area contributed by atoms with Crippen molar-refractivity contribution < 1.29 is 58.7 Å². The molecular formula is C22H26O12. The Hall–Kier alpha value is -3.45. The van der Waals surface area contributed by atoms with Crippen LogP contribution >= 0.6 is 0 Å². The topological polar surface area (TPSA) is 174 Å². The van der Waals surface area contributed by atoms with Crippen molar-refractivity contribution in [2.75, 3.05) is 27.9 Å². The molecule has 1 saturated heterocycles. The highest BCUT2D eigenvalue weighted by atomic mass is 16.7. The molecule has 34 heavy (non-hydrogen) atoms. The third-order valence-electron chi connectivity index (χ3n) is 5.17. The molecular weight excluding hydrogens is 456 g/mol. The number of benzene rings is 2. The monoisotopic (exact) mass is 482 g/mol. The molecule has 0 bridgehead atoms. The molecule has 5 N–H and O–H groups in total. The summed E-state index contributed by atoms with van der Waals surface area (Å²) in [6.45, 7) is -0.491. The van der Waals surface area contributed by atoms with E-state index in [1.807, 2.05) is 0 Å². The zero-order chi connectivity index (χ0) is 25.0. The van der Waals surface area contributed by atoms with Gasteiger partial charge in [0.05, 0.1) is 26.9 Å². The molecule has 1 aliphatic heterocycles. The van der Waals surface area contributed by atoms with Crippen molar-refractivity contribution >= 4 is 5.97 Å². The largest absolute Gasteiger partial charge is 0.504 e. The van der Waals surface area contributed by atoms with Crippen LogP contribution in [0.4, 0.5) is 0 Å². The highest BCUT2D eigenvalue weighted by molar-refractivity contribution is 5.90. The van der Waals surface area contributed by atoms with E-state index in [1.165, 1.54) is 51.7 Å². The van der Waals surface area contributed by atoms with Crippen molar-refractivity contribution in [2.24, 2.45) is 0 Å². The molecule has 0 saturated carbocycles. The fourth-order valence-corrected chi connectivity index (χ4v) is 3.27. The van der Waals surface area contributed by atoms with Gasteiger partial charge in [0.15, 0.2) is 23.0 Å². The minimum absolute atomic E-state index is 0.0232. The molecule has 1 aliphatic rings. The van der Waals surface area contributed by atoms with Gasteiger partial charge in [0.25, 0.3) is 0 Å². The predicted molar refractivity (Wildman–Crippen MR) is 113 cm³/mol. The lowest BCUT2D eigenvalue weighted by molar-refractivity contribution is -0.277. The third-order valence-corrected chi connectivity index (χ3v) is 5.17. The maximum Gasteiger partial charge on any atom is 0.338 e. The predicted octanol–water partition coefficient (Wildman–Crippen LogP) is 0.167. The van der Waals surface area contributed by atoms with Gasteiger partial charge in [-0.05, 0) is 18.2 Å². The van der Waals surface area contributed by atoms with E-state index < -0.39 is 43.3 Å². The number of methoxy groups -OCH3 is 3. The lowest BCUT2D eigenvalue weighted by atomic mass is 9.99. The molecule has 1 fully saturated rings. The van der Waals surface area contributed by atoms with Crippen molar-refractivity contribution in [3.8, 4) is 34.5 Å². The van der Waals surface area contributed by atoms with E-state index in [4.69, 9.17) is 28.4 Å². The Morgan fingerprint density at radius 2 is 1.50 bits per heavy atom. The Kier molecular flexibility index (Phi) is 7.89. The Morgan fingerprint density at radius 1 is 0.882 bits per heavy atom. The Morgan fingerprint density at radius 3 is 2.09 bits per heavy atom. The van der Waals surface area contributed by atoms with E-state index in [0.717, 1.165) is 0 Å². The average molecular weight is 482 g/mol. The number of hydrogen-bond donors (Lipinski definition) is 5. The van der Waals surface area contributed by atoms with E-state index in [-0.39, 0.29) is 40.1 Å². The first-order valence-corrected chi connectivity index (χ1v) is 10.1. The second-order valence-corrected chi connectivity index (χ2v) is 7.29. The summed E-state index contributed by atoms with van der Waals surface area (Å²) in [6, 6.07) is 6.45. The molecule has 2 aromatic rings. The Balaban J connectivity index is 1.72. The van der Waals surface area contributed by atoms with Crippen molar-refractivity contribution in [1.82, 2.24) is 0 Å². The molecule has 0 spiro atoms. The molecule has 0 radical (unpaired) electrons. The number of ether oxygens (including phenoxy) is 6. The van der Waals surface area contributed by atoms with Gasteiger partial charge in [-0.3, -0.25) is 0 Å². The minimum atomic E-state index is -1.68. The van der Waals surface area contributed by atoms with Crippen LogP contribution < -0.4 is 18.9 Å². The minimum Gasteiger partial charge on any atom is -0.504 e. The highest BCUT2D eigenvalue weighted by Gasteiger charge is 2.45. The molecule has 0 amide bonds. The van der Waals surface area contributed by atoms with Crippen molar-refractivity contribution in [2.45, 2.75) is 30.7 Å². The number of rotatable bonds is 8. The fraction of sp³-hybridized carbons (Fsp3) is 0.409. The first-order valence-electron chi connectivity index (χ1n) is 10.1. The summed E-state index contributed by atoms with van der Waals surface area (Å²) in [5.74, 6) is -1.07. The number of aliphatic hydroxyl groups excluding tert-OH is 3. The number of carbonyl (C=O) groups is 1. The molecule has 2 aromatic carbocycles. The van der Waals surface area contributed by atoms with Gasteiger partial charge in [0.2, 0.25) is 12.0 Å². The van der Waals surface area contributed by atoms with Crippen LogP contribution in [0, 0.1) is 0 Å². The van der Waals surface area contributed by atoms with Crippen LogP contribution in [0.15, 0.2) is 30.3 Å². The number of hydrogen-bond acceptors (Lipinski definition) is 12. The van der Waals surface area contributed by atoms with Crippen molar-refractivity contribution in [3.05, 3.63) is 35.9 Å². The summed E-state index contributed by atoms with van der Waals surface area (Å²) in [5, 5.41) is 50.5. The van der Waals surface area contributed by atoms with Gasteiger partial charge >= 0.3 is 5.97 Å². The lowest BCUT2D eigenvalue weighted by Gasteiger charge is -2.39. The van der Waals surface area contributed by atoms with E-state index in [2.05, 4.69) is 0 Å². The summed E-state index contributed by atoms with van der Waals surface area (Å²) in [7, 11) is 3.96. The zero-order valence-corrected chi connectivity index (χ0v) is 18.6. The summed E-state index contributed by atoms with van der Waals surface area (Å²) in [5.41, 5.74) is 0.0663. The first-order chi connectivity index (χ1) is 16.2. The summed E-state index contributed by atoms with van der Waals surface area (Å²) in [4.78, 5) is 12.4. The van der Waals surface area contributed by atoms with Gasteiger partial charge in [-0.1, -0.05) is 0 Å². The smallest absolute Gasteiger partial charge is 0.338 e. The Labute approximate surface area is 194 Å². The fourth-order valence-electron chi connectivity index (χ4n) is 3.27. The molecule has 5 atom stereocenters. The molecule has 0 unspecified atom stereocenters. The van der Waals surface area contributed by atoms with Crippen LogP contribution in [0.3, 0.4) is 0 Å². The lowest BCUT2D eigenvalue weighted by Crippen LogP contribution is -2.60. The van der Waals surface area contributed by atoms with Crippen LogP contribution in [0.1, 0.15) is 10.4 Å². The normalized spacial score (nSPS) is 24.2. The highest BCUT2D eigenvalue weighted by Crippen LogP contribution is 2.40. The quantitative estimate of drug-likeness (QED) is 0.323. The van der Waals surface area contributed by atoms with E-state index in [1.54, 1.807) is 0 Å². The third kappa shape index (κ3) is 5.20. The number of aromatic hydroxyl groups is 2. The molecule has 0 aliphatic carbocycles. The Bertz CT molecular complexity index is 984. The molecule has 186 valence electrons. The number of carbonyl (C=O) groups excluding carboxylic acids is 1. The van der Waals surface area contributed by atoms with Gasteiger partial charge in [-0.25, -0.2) is 4.79 Å². The number of phenols is 2. The molecule has 0 aromatic heterocycles. The van der Waals surface area contributed by atoms with Crippen molar-refractivity contribution in [1.29, 1.82) is 0 Å². The maximum absolute atomic E-state index is 12.4. The zero-order valence-electron chi connectivity index (χ0n) is 18.6. The van der Waals surface area contributed by atoms with Crippen molar-refractivity contribution in [3.63, 3.8) is 0 Å². The van der Waals surface area contributed by atoms with Crippen LogP contribution in [0.25, 0.3) is 0 Å². The number of aliphatic hydroxyl groups is 3. The van der Waals surface area contributed by atoms with Gasteiger partial charge in [0, 0.05) is 12.1 Å². The van der Waals surface area contributed by atoms with Gasteiger partial charge in [-0.2, -0.15) is 0 Å². The molecule has 12 heteroatoms. The number of esters is 1. The number of phenolic OH excluding ortho intramolecular Hbond substituents is 2. The van der Waals surface area contributed by atoms with Crippen LogP contribution in [-0.2, 0) is 9.47 Å². The van der Waals surface area contributed by atoms with Crippen LogP contribution in [0.2, 0.25) is 0 Å². The molecule has 12 nitrogen and oxygen atoms in total. The van der Waals surface area contributed by atoms with E-state index in [0.29, 0.717) is 0 Å². The van der Waals surface area contributed by atoms with Gasteiger partial charge in [-0.15, -0.1) is 0 Å². The standard InChI is InChI=1S/C22H26O12/c1-29-13-6-10(4-5-12(13)23)21(28)32-9-16-18(25)19(26)20(27)22(34-16)33-11-7-14(30-2)17(24)15(8-11)31-3/h4-8,16,18-20,22-27H,9H2,1-3H3/t16-,18-,19+,20-,22-/m1/s1. The second-order valence-electron chi connectivity index (χ2n) is 7.29. The van der Waals surface area contributed by atoms with Gasteiger partial charge in [0.1, 0.15) is 36.8 Å². The van der Waals surface area contributed by atoms with E-state index in [9.17, 15) is 30.3 Å². The molecule has 3 rings (SSSR count). The van der Waals surface area contributed by atoms with Crippen LogP contribution in [0.5, 0.6) is 34.5 Å². The average Bonchev–Trinajstić information content (AvgIpc) is 2.84. The summed E-state index contributed by atoms with van der Waals surface area (Å²) in [6.07, 6.45) is -7.67. The SMILES string of the molecule is COc1cc(C(=O)OC[C@H]2O[C@@H](Oc3cc(OC)c(O)c(OC)c3)[C@H](O)[C@@H](O)[C@@H]2O)ccc1O. The van der Waals surface area contributed by atoms with E-state index >= 15 is 0 Å². The first kappa shape index (κ1) is 25.2.